The second-order valence-electron chi connectivity index (χ2n) is 17.4. The number of benzene rings is 2. The van der Waals surface area contributed by atoms with Gasteiger partial charge in [0.2, 0.25) is 0 Å². The fourth-order valence-corrected chi connectivity index (χ4v) is 8.44. The Bertz CT molecular complexity index is 2390. The molecular weight excluding hydrogens is 825 g/mol. The van der Waals surface area contributed by atoms with Gasteiger partial charge in [-0.2, -0.15) is 26.3 Å². The van der Waals surface area contributed by atoms with Crippen LogP contribution in [0.2, 0.25) is 0 Å². The summed E-state index contributed by atoms with van der Waals surface area (Å²) in [6.45, 7) is 13.3. The number of hydrogen-bond acceptors (Lipinski definition) is 6. The number of H-pyrrole nitrogens is 2. The number of aliphatic hydroxyl groups is 2. The normalized spacial score (nSPS) is 14.6. The molecule has 16 heteroatoms. The van der Waals surface area contributed by atoms with Crippen LogP contribution in [-0.4, -0.2) is 67.9 Å². The van der Waals surface area contributed by atoms with E-state index < -0.39 is 71.7 Å². The zero-order valence-corrected chi connectivity index (χ0v) is 36.2. The summed E-state index contributed by atoms with van der Waals surface area (Å²) in [7, 11) is 2.73. The number of aryl methyl sites for hydroxylation is 4. The number of pyridine rings is 2. The van der Waals surface area contributed by atoms with Crippen LogP contribution in [0.1, 0.15) is 85.8 Å². The third kappa shape index (κ3) is 10.2. The monoisotopic (exact) mass is 876 g/mol. The lowest BCUT2D eigenvalue weighted by atomic mass is 9.73. The number of alkyl halides is 6. The van der Waals surface area contributed by atoms with Crippen molar-refractivity contribution in [3.8, 4) is 11.5 Å². The first kappa shape index (κ1) is 47.8. The maximum absolute atomic E-state index is 14.1. The molecule has 2 aromatic carbocycles. The van der Waals surface area contributed by atoms with E-state index in [2.05, 4.69) is 19.9 Å². The van der Waals surface area contributed by atoms with Crippen LogP contribution >= 0.6 is 0 Å². The predicted molar refractivity (Wildman–Crippen MR) is 222 cm³/mol. The van der Waals surface area contributed by atoms with Crippen LogP contribution in [0, 0.1) is 39.3 Å². The molecule has 4 N–H and O–H groups in total. The van der Waals surface area contributed by atoms with Crippen molar-refractivity contribution in [3.63, 3.8) is 0 Å². The lowest BCUT2D eigenvalue weighted by Crippen LogP contribution is -2.51. The maximum atomic E-state index is 14.1. The van der Waals surface area contributed by atoms with Gasteiger partial charge in [0, 0.05) is 68.7 Å². The van der Waals surface area contributed by atoms with E-state index in [1.54, 1.807) is 52.0 Å². The van der Waals surface area contributed by atoms with Crippen molar-refractivity contribution >= 4 is 21.8 Å². The topological polar surface area (TPSA) is 116 Å². The van der Waals surface area contributed by atoms with Crippen molar-refractivity contribution in [2.24, 2.45) is 0 Å². The quantitative estimate of drug-likeness (QED) is 0.0910. The second-order valence-corrected chi connectivity index (χ2v) is 17.4. The van der Waals surface area contributed by atoms with Crippen LogP contribution in [0.5, 0.6) is 11.5 Å². The standard InChI is InChI=1S/2C23H26F4N2O2/c1-13-8-15-9-17(29-20(15)14(2)28-13)11-22(30,23(25,26)27)12-21(3,4)18-10-16(24)6-7-19(18)31-5;1-13-8-19-17(14(2)28-13)10-16(29-19)11-22(30,23(25,26)27)12-21(3,4)18-9-15(24)6-7-20(18)31-5/h2*6-10,29-30H,11-12H2,1-5H3. The number of rotatable bonds is 12. The summed E-state index contributed by atoms with van der Waals surface area (Å²) in [5.74, 6) is -0.654. The molecule has 8 nitrogen and oxygen atoms in total. The summed E-state index contributed by atoms with van der Waals surface area (Å²) >= 11 is 0. The van der Waals surface area contributed by atoms with Gasteiger partial charge in [0.1, 0.15) is 23.1 Å². The van der Waals surface area contributed by atoms with Crippen molar-refractivity contribution in [3.05, 3.63) is 118 Å². The van der Waals surface area contributed by atoms with Gasteiger partial charge in [-0.1, -0.05) is 27.7 Å². The van der Waals surface area contributed by atoms with Gasteiger partial charge in [-0.3, -0.25) is 9.97 Å². The highest BCUT2D eigenvalue weighted by atomic mass is 19.4. The van der Waals surface area contributed by atoms with E-state index >= 15 is 0 Å². The lowest BCUT2D eigenvalue weighted by Gasteiger charge is -2.38. The van der Waals surface area contributed by atoms with Crippen molar-refractivity contribution in [2.45, 2.75) is 115 Å². The minimum atomic E-state index is -4.91. The molecule has 0 aliphatic carbocycles. The Labute approximate surface area is 354 Å². The zero-order valence-electron chi connectivity index (χ0n) is 36.2. The summed E-state index contributed by atoms with van der Waals surface area (Å²) in [5, 5.41) is 23.2. The van der Waals surface area contributed by atoms with Crippen LogP contribution in [0.15, 0.2) is 60.7 Å². The highest BCUT2D eigenvalue weighted by Gasteiger charge is 2.57. The zero-order chi connectivity index (χ0) is 46.4. The molecule has 0 amide bonds. The van der Waals surface area contributed by atoms with Gasteiger partial charge in [0.05, 0.1) is 25.4 Å². The average molecular weight is 877 g/mol. The number of aromatic nitrogens is 4. The van der Waals surface area contributed by atoms with E-state index in [4.69, 9.17) is 9.47 Å². The molecule has 6 rings (SSSR count). The summed E-state index contributed by atoms with van der Waals surface area (Å²) < 4.78 is 123. The van der Waals surface area contributed by atoms with Gasteiger partial charge in [-0.05, 0) is 112 Å². The van der Waals surface area contributed by atoms with Gasteiger partial charge < -0.3 is 29.7 Å². The van der Waals surface area contributed by atoms with Crippen molar-refractivity contribution < 1.29 is 54.8 Å². The number of methoxy groups -OCH3 is 2. The van der Waals surface area contributed by atoms with Crippen LogP contribution in [0.25, 0.3) is 21.8 Å². The lowest BCUT2D eigenvalue weighted by molar-refractivity contribution is -0.266. The maximum Gasteiger partial charge on any atom is 0.417 e. The molecule has 4 heterocycles. The SMILES string of the molecule is COc1ccc(F)cc1C(C)(C)CC(O)(Cc1cc2c(C)nc(C)cc2[nH]1)C(F)(F)F.COc1ccc(F)cc1C(C)(C)CC(O)(Cc1cc2cc(C)nc(C)c2[nH]1)C(F)(F)F. The molecule has 0 aliphatic heterocycles. The van der Waals surface area contributed by atoms with Crippen LogP contribution in [-0.2, 0) is 23.7 Å². The summed E-state index contributed by atoms with van der Waals surface area (Å²) in [5.41, 5.74) is -3.43. The number of nitrogens with one attached hydrogen (secondary N) is 2. The van der Waals surface area contributed by atoms with Crippen molar-refractivity contribution in [2.75, 3.05) is 14.2 Å². The molecule has 2 unspecified atom stereocenters. The van der Waals surface area contributed by atoms with Crippen molar-refractivity contribution in [1.29, 1.82) is 0 Å². The smallest absolute Gasteiger partial charge is 0.417 e. The van der Waals surface area contributed by atoms with E-state index in [-0.39, 0.29) is 34.0 Å². The molecule has 336 valence electrons. The first-order valence-electron chi connectivity index (χ1n) is 19.7. The molecule has 62 heavy (non-hydrogen) atoms. The van der Waals surface area contributed by atoms with E-state index in [0.29, 0.717) is 27.8 Å². The minimum absolute atomic E-state index is 0.243. The molecule has 4 aromatic heterocycles. The predicted octanol–water partition coefficient (Wildman–Crippen LogP) is 11.1. The summed E-state index contributed by atoms with van der Waals surface area (Å²) in [6.07, 6.45) is -12.5. The fourth-order valence-electron chi connectivity index (χ4n) is 8.44. The van der Waals surface area contributed by atoms with Crippen molar-refractivity contribution in [1.82, 2.24) is 19.9 Å². The second kappa shape index (κ2) is 17.2. The first-order chi connectivity index (χ1) is 28.5. The number of nitrogens with zero attached hydrogens (tertiary/aromatic N) is 2. The molecule has 6 aromatic rings. The Kier molecular flexibility index (Phi) is 13.2. The Hall–Kier alpha value is -5.22. The molecule has 2 atom stereocenters. The molecule has 0 fully saturated rings. The Morgan fingerprint density at radius 1 is 0.581 bits per heavy atom. The molecule has 0 saturated carbocycles. The highest BCUT2D eigenvalue weighted by molar-refractivity contribution is 5.83. The van der Waals surface area contributed by atoms with Gasteiger partial charge in [0.25, 0.3) is 0 Å². The summed E-state index contributed by atoms with van der Waals surface area (Å²) in [6, 6.07) is 14.1. The Morgan fingerprint density at radius 2 is 1.02 bits per heavy atom. The molecule has 0 aliphatic rings. The number of aromatic amines is 2. The van der Waals surface area contributed by atoms with E-state index in [1.165, 1.54) is 66.2 Å². The van der Waals surface area contributed by atoms with E-state index in [9.17, 15) is 45.3 Å². The minimum Gasteiger partial charge on any atom is -0.496 e. The Morgan fingerprint density at radius 3 is 1.47 bits per heavy atom. The molecule has 0 radical (unpaired) electrons. The number of hydrogen-bond donors (Lipinski definition) is 4. The Balaban J connectivity index is 0.000000234. The van der Waals surface area contributed by atoms with Crippen LogP contribution in [0.3, 0.4) is 0 Å². The highest BCUT2D eigenvalue weighted by Crippen LogP contribution is 2.47. The number of halogens is 8. The van der Waals surface area contributed by atoms with Gasteiger partial charge >= 0.3 is 12.4 Å². The van der Waals surface area contributed by atoms with Gasteiger partial charge in [-0.15, -0.1) is 0 Å². The van der Waals surface area contributed by atoms with Gasteiger partial charge in [0.15, 0.2) is 11.2 Å². The first-order valence-corrected chi connectivity index (χ1v) is 19.7. The van der Waals surface area contributed by atoms with E-state index in [1.807, 2.05) is 0 Å². The van der Waals surface area contributed by atoms with Crippen LogP contribution < -0.4 is 9.47 Å². The largest absolute Gasteiger partial charge is 0.496 e. The molecule has 0 bridgehead atoms. The van der Waals surface area contributed by atoms with Crippen LogP contribution in [0.4, 0.5) is 35.1 Å². The third-order valence-electron chi connectivity index (χ3n) is 11.2. The third-order valence-corrected chi connectivity index (χ3v) is 11.2. The average Bonchev–Trinajstić information content (AvgIpc) is 3.73. The summed E-state index contributed by atoms with van der Waals surface area (Å²) in [4.78, 5) is 14.6. The molecular formula is C46H52F8N4O4. The molecule has 0 saturated heterocycles. The number of fused-ring (bicyclic) bond motifs is 2. The van der Waals surface area contributed by atoms with Gasteiger partial charge in [-0.25, -0.2) is 8.78 Å². The molecule has 0 spiro atoms. The van der Waals surface area contributed by atoms with E-state index in [0.717, 1.165) is 28.9 Å². The fraction of sp³-hybridized carbons (Fsp3) is 0.435. The number of ether oxygens (including phenoxy) is 2.